The lowest BCUT2D eigenvalue weighted by Crippen LogP contribution is -2.11. The van der Waals surface area contributed by atoms with Gasteiger partial charge in [-0.1, -0.05) is 71.0 Å². The van der Waals surface area contributed by atoms with Gasteiger partial charge in [-0.3, -0.25) is 4.79 Å². The normalized spacial score (nSPS) is 12.0. The summed E-state index contributed by atoms with van der Waals surface area (Å²) in [6.45, 7) is 1.87. The zero-order valence-corrected chi connectivity index (χ0v) is 13.0. The third kappa shape index (κ3) is 3.72. The molecule has 0 aliphatic carbocycles. The molecule has 1 heterocycles. The fourth-order valence-electron chi connectivity index (χ4n) is 2.67. The van der Waals surface area contributed by atoms with Gasteiger partial charge in [0, 0.05) is 18.4 Å². The van der Waals surface area contributed by atoms with Gasteiger partial charge in [-0.15, -0.1) is 0 Å². The number of hydrogen-bond donors (Lipinski definition) is 0. The number of carbonyl (C=O) groups excluding carboxylic acids is 1. The zero-order valence-electron chi connectivity index (χ0n) is 13.0. The fourth-order valence-corrected chi connectivity index (χ4v) is 2.67. The van der Waals surface area contributed by atoms with Gasteiger partial charge in [0.05, 0.1) is 0 Å². The molecule has 0 bridgehead atoms. The molecule has 3 rings (SSSR count). The van der Waals surface area contributed by atoms with Crippen LogP contribution in [-0.4, -0.2) is 16.1 Å². The van der Waals surface area contributed by atoms with Crippen LogP contribution >= 0.6 is 0 Å². The number of aromatic nitrogens is 2. The van der Waals surface area contributed by atoms with Crippen LogP contribution in [0.25, 0.3) is 0 Å². The zero-order chi connectivity index (χ0) is 16.1. The van der Waals surface area contributed by atoms with Crippen molar-refractivity contribution in [1.82, 2.24) is 10.3 Å². The molecule has 23 heavy (non-hydrogen) atoms. The molecule has 1 unspecified atom stereocenters. The summed E-state index contributed by atoms with van der Waals surface area (Å²) in [6, 6.07) is 19.4. The van der Waals surface area contributed by atoms with Crippen LogP contribution in [0.15, 0.2) is 65.3 Å². The van der Waals surface area contributed by atoms with E-state index in [0.29, 0.717) is 12.8 Å². The molecule has 4 nitrogen and oxygen atoms in total. The van der Waals surface area contributed by atoms with Gasteiger partial charge in [0.15, 0.2) is 5.78 Å². The minimum atomic E-state index is 0.0505. The minimum Gasteiger partial charge on any atom is -0.294 e. The monoisotopic (exact) mass is 306 g/mol. The Labute approximate surface area is 135 Å². The number of aryl methyl sites for hydroxylation is 1. The molecular weight excluding hydrogens is 288 g/mol. The van der Waals surface area contributed by atoms with Crippen molar-refractivity contribution in [2.24, 2.45) is 0 Å². The Morgan fingerprint density at radius 3 is 2.26 bits per heavy atom. The number of carbonyl (C=O) groups is 1. The Morgan fingerprint density at radius 1 is 1.00 bits per heavy atom. The van der Waals surface area contributed by atoms with Gasteiger partial charge in [0.25, 0.3) is 0 Å². The molecule has 0 amide bonds. The standard InChI is InChI=1S/C19H18N2O2/c1-14-18(21-23-20-14)12-17(15-8-4-2-5-9-15)13-19(22)16-10-6-3-7-11-16/h2-11,17H,12-13H2,1H3. The molecule has 4 heteroatoms. The van der Waals surface area contributed by atoms with Crippen LogP contribution in [0.5, 0.6) is 0 Å². The van der Waals surface area contributed by atoms with Crippen molar-refractivity contribution >= 4 is 5.78 Å². The topological polar surface area (TPSA) is 56.0 Å². The Kier molecular flexibility index (Phi) is 4.62. The van der Waals surface area contributed by atoms with E-state index in [1.54, 1.807) is 0 Å². The molecule has 0 radical (unpaired) electrons. The predicted molar refractivity (Wildman–Crippen MR) is 87.3 cm³/mol. The summed E-state index contributed by atoms with van der Waals surface area (Å²) in [6.07, 6.45) is 1.07. The molecule has 0 N–H and O–H groups in total. The first-order chi connectivity index (χ1) is 11.2. The number of Topliss-reactive ketones (excluding diaryl/α,β-unsaturated/α-hetero) is 1. The van der Waals surface area contributed by atoms with Crippen molar-refractivity contribution in [3.63, 3.8) is 0 Å². The first-order valence-corrected chi connectivity index (χ1v) is 7.65. The van der Waals surface area contributed by atoms with Crippen LogP contribution in [-0.2, 0) is 6.42 Å². The van der Waals surface area contributed by atoms with Gasteiger partial charge in [0.1, 0.15) is 11.4 Å². The second-order valence-electron chi connectivity index (χ2n) is 5.60. The fraction of sp³-hybridized carbons (Fsp3) is 0.211. The highest BCUT2D eigenvalue weighted by atomic mass is 16.6. The predicted octanol–water partition coefficient (Wildman–Crippen LogP) is 3.98. The van der Waals surface area contributed by atoms with Crippen LogP contribution in [0.3, 0.4) is 0 Å². The number of rotatable bonds is 6. The quantitative estimate of drug-likeness (QED) is 0.646. The maximum Gasteiger partial charge on any atom is 0.163 e. The van der Waals surface area contributed by atoms with E-state index < -0.39 is 0 Å². The van der Waals surface area contributed by atoms with Crippen LogP contribution in [0.4, 0.5) is 0 Å². The highest BCUT2D eigenvalue weighted by molar-refractivity contribution is 5.96. The molecule has 3 aromatic rings. The van der Waals surface area contributed by atoms with E-state index in [4.69, 9.17) is 4.63 Å². The van der Waals surface area contributed by atoms with Gasteiger partial charge in [-0.2, -0.15) is 0 Å². The van der Waals surface area contributed by atoms with Crippen molar-refractivity contribution in [3.05, 3.63) is 83.2 Å². The summed E-state index contributed by atoms with van der Waals surface area (Å²) in [5.41, 5.74) is 3.44. The lowest BCUT2D eigenvalue weighted by molar-refractivity contribution is 0.0973. The summed E-state index contributed by atoms with van der Waals surface area (Å²) in [5, 5.41) is 7.79. The molecule has 0 fully saturated rings. The lowest BCUT2D eigenvalue weighted by Gasteiger charge is -2.15. The molecule has 1 aromatic heterocycles. The lowest BCUT2D eigenvalue weighted by atomic mass is 9.87. The van der Waals surface area contributed by atoms with Crippen molar-refractivity contribution in [2.75, 3.05) is 0 Å². The number of nitrogens with zero attached hydrogens (tertiary/aromatic N) is 2. The van der Waals surface area contributed by atoms with Crippen LogP contribution in [0.2, 0.25) is 0 Å². The Bertz CT molecular complexity index is 766. The highest BCUT2D eigenvalue weighted by Crippen LogP contribution is 2.26. The molecule has 1 atom stereocenters. The third-order valence-corrected chi connectivity index (χ3v) is 3.98. The first-order valence-electron chi connectivity index (χ1n) is 7.65. The van der Waals surface area contributed by atoms with E-state index in [-0.39, 0.29) is 11.7 Å². The van der Waals surface area contributed by atoms with Crippen LogP contribution in [0, 0.1) is 6.92 Å². The Hall–Kier alpha value is -2.75. The van der Waals surface area contributed by atoms with Gasteiger partial charge < -0.3 is 0 Å². The number of benzene rings is 2. The molecule has 116 valence electrons. The first kappa shape index (κ1) is 15.2. The third-order valence-electron chi connectivity index (χ3n) is 3.98. The van der Waals surface area contributed by atoms with E-state index in [0.717, 1.165) is 22.5 Å². The van der Waals surface area contributed by atoms with E-state index in [9.17, 15) is 4.79 Å². The molecule has 0 saturated carbocycles. The molecule has 0 saturated heterocycles. The molecular formula is C19H18N2O2. The molecule has 0 aliphatic heterocycles. The number of hydrogen-bond acceptors (Lipinski definition) is 4. The average Bonchev–Trinajstić information content (AvgIpc) is 3.00. The second kappa shape index (κ2) is 7.01. The summed E-state index contributed by atoms with van der Waals surface area (Å²) in [4.78, 5) is 12.6. The minimum absolute atomic E-state index is 0.0505. The summed E-state index contributed by atoms with van der Waals surface area (Å²) < 4.78 is 4.79. The van der Waals surface area contributed by atoms with E-state index in [1.165, 1.54) is 0 Å². The van der Waals surface area contributed by atoms with Gasteiger partial charge in [-0.25, -0.2) is 4.63 Å². The summed E-state index contributed by atoms with van der Waals surface area (Å²) in [5.74, 6) is 0.183. The number of ketones is 1. The average molecular weight is 306 g/mol. The van der Waals surface area contributed by atoms with E-state index in [1.807, 2.05) is 67.6 Å². The summed E-state index contributed by atoms with van der Waals surface area (Å²) in [7, 11) is 0. The van der Waals surface area contributed by atoms with Crippen molar-refractivity contribution in [1.29, 1.82) is 0 Å². The SMILES string of the molecule is Cc1nonc1CC(CC(=O)c1ccccc1)c1ccccc1. The van der Waals surface area contributed by atoms with Crippen molar-refractivity contribution < 1.29 is 9.42 Å². The second-order valence-corrected chi connectivity index (χ2v) is 5.60. The maximum atomic E-state index is 12.6. The van der Waals surface area contributed by atoms with Gasteiger partial charge >= 0.3 is 0 Å². The highest BCUT2D eigenvalue weighted by Gasteiger charge is 2.20. The Balaban J connectivity index is 1.84. The van der Waals surface area contributed by atoms with Gasteiger partial charge in [0.2, 0.25) is 0 Å². The smallest absolute Gasteiger partial charge is 0.163 e. The Morgan fingerprint density at radius 2 is 1.65 bits per heavy atom. The van der Waals surface area contributed by atoms with E-state index >= 15 is 0 Å². The molecule has 0 spiro atoms. The van der Waals surface area contributed by atoms with Crippen molar-refractivity contribution in [2.45, 2.75) is 25.7 Å². The van der Waals surface area contributed by atoms with E-state index in [2.05, 4.69) is 10.3 Å². The molecule has 2 aromatic carbocycles. The molecule has 0 aliphatic rings. The largest absolute Gasteiger partial charge is 0.294 e. The van der Waals surface area contributed by atoms with Crippen LogP contribution < -0.4 is 0 Å². The van der Waals surface area contributed by atoms with Crippen LogP contribution in [0.1, 0.15) is 39.6 Å². The van der Waals surface area contributed by atoms with Crippen molar-refractivity contribution in [3.8, 4) is 0 Å². The summed E-state index contributed by atoms with van der Waals surface area (Å²) >= 11 is 0. The van der Waals surface area contributed by atoms with Gasteiger partial charge in [-0.05, 0) is 18.4 Å². The maximum absolute atomic E-state index is 12.6.